The summed E-state index contributed by atoms with van der Waals surface area (Å²) >= 11 is 1.21. The molecule has 0 aliphatic heterocycles. The van der Waals surface area contributed by atoms with Gasteiger partial charge in [-0.2, -0.15) is 0 Å². The van der Waals surface area contributed by atoms with E-state index < -0.39 is 5.25 Å². The number of rotatable bonds is 6. The minimum atomic E-state index is -0.411. The van der Waals surface area contributed by atoms with Crippen molar-refractivity contribution in [3.63, 3.8) is 0 Å². The first-order chi connectivity index (χ1) is 12.6. The van der Waals surface area contributed by atoms with Gasteiger partial charge in [0.1, 0.15) is 5.75 Å². The van der Waals surface area contributed by atoms with E-state index in [4.69, 9.17) is 9.15 Å². The highest BCUT2D eigenvalue weighted by Gasteiger charge is 2.20. The Morgan fingerprint density at radius 3 is 2.62 bits per heavy atom. The number of aromatic nitrogens is 2. The summed E-state index contributed by atoms with van der Waals surface area (Å²) in [6.07, 6.45) is 0. The number of benzene rings is 2. The number of nitrogens with zero attached hydrogens (tertiary/aromatic N) is 2. The fourth-order valence-electron chi connectivity index (χ4n) is 2.26. The lowest BCUT2D eigenvalue weighted by atomic mass is 10.1. The van der Waals surface area contributed by atoms with Gasteiger partial charge in [-0.1, -0.05) is 41.6 Å². The Morgan fingerprint density at radius 2 is 1.88 bits per heavy atom. The van der Waals surface area contributed by atoms with Gasteiger partial charge in [-0.25, -0.2) is 0 Å². The maximum Gasteiger partial charge on any atom is 0.277 e. The highest BCUT2D eigenvalue weighted by Crippen LogP contribution is 2.28. The molecule has 1 atom stereocenters. The van der Waals surface area contributed by atoms with E-state index in [9.17, 15) is 4.79 Å². The van der Waals surface area contributed by atoms with Crippen molar-refractivity contribution in [1.29, 1.82) is 0 Å². The van der Waals surface area contributed by atoms with Gasteiger partial charge < -0.3 is 14.5 Å². The zero-order valence-corrected chi connectivity index (χ0v) is 15.5. The third-order valence-electron chi connectivity index (χ3n) is 3.72. The van der Waals surface area contributed by atoms with Crippen molar-refractivity contribution in [2.75, 3.05) is 12.4 Å². The molecule has 0 aliphatic rings. The second-order valence-electron chi connectivity index (χ2n) is 5.69. The predicted octanol–water partition coefficient (Wildman–Crippen LogP) is 4.17. The van der Waals surface area contributed by atoms with Crippen LogP contribution in [0.1, 0.15) is 12.5 Å². The van der Waals surface area contributed by atoms with Crippen LogP contribution in [0.2, 0.25) is 0 Å². The summed E-state index contributed by atoms with van der Waals surface area (Å²) in [7, 11) is 1.56. The molecule has 0 aliphatic carbocycles. The Bertz CT molecular complexity index is 893. The zero-order chi connectivity index (χ0) is 18.5. The fourth-order valence-corrected chi connectivity index (χ4v) is 2.94. The molecule has 0 saturated carbocycles. The molecule has 1 amide bonds. The Labute approximate surface area is 156 Å². The van der Waals surface area contributed by atoms with Crippen LogP contribution in [0.5, 0.6) is 5.75 Å². The number of para-hydroxylation sites is 2. The van der Waals surface area contributed by atoms with Gasteiger partial charge in [-0.05, 0) is 38.1 Å². The van der Waals surface area contributed by atoms with Crippen molar-refractivity contribution in [2.24, 2.45) is 0 Å². The van der Waals surface area contributed by atoms with Gasteiger partial charge in [-0.15, -0.1) is 10.2 Å². The van der Waals surface area contributed by atoms with E-state index >= 15 is 0 Å². The van der Waals surface area contributed by atoms with E-state index in [0.29, 0.717) is 22.6 Å². The summed E-state index contributed by atoms with van der Waals surface area (Å²) in [5.41, 5.74) is 2.63. The molecule has 1 N–H and O–H groups in total. The molecule has 1 heterocycles. The van der Waals surface area contributed by atoms with Crippen molar-refractivity contribution in [3.05, 3.63) is 54.1 Å². The molecule has 6 nitrogen and oxygen atoms in total. The van der Waals surface area contributed by atoms with Gasteiger partial charge in [0.15, 0.2) is 0 Å². The van der Waals surface area contributed by atoms with Crippen LogP contribution in [0.15, 0.2) is 58.2 Å². The third-order valence-corrected chi connectivity index (χ3v) is 4.65. The summed E-state index contributed by atoms with van der Waals surface area (Å²) in [6, 6.07) is 15.1. The van der Waals surface area contributed by atoms with Crippen molar-refractivity contribution >= 4 is 23.4 Å². The molecule has 3 rings (SSSR count). The number of nitrogens with one attached hydrogen (secondary N) is 1. The molecule has 0 fully saturated rings. The summed E-state index contributed by atoms with van der Waals surface area (Å²) in [6.45, 7) is 3.80. The maximum atomic E-state index is 12.4. The topological polar surface area (TPSA) is 77.2 Å². The van der Waals surface area contributed by atoms with E-state index in [1.807, 2.05) is 43.3 Å². The van der Waals surface area contributed by atoms with Crippen LogP contribution in [0.4, 0.5) is 5.69 Å². The molecule has 0 bridgehead atoms. The van der Waals surface area contributed by atoms with Crippen LogP contribution in [0, 0.1) is 6.92 Å². The highest BCUT2D eigenvalue weighted by molar-refractivity contribution is 8.00. The number of hydrogen-bond acceptors (Lipinski definition) is 6. The lowest BCUT2D eigenvalue weighted by Gasteiger charge is -2.12. The van der Waals surface area contributed by atoms with Crippen LogP contribution in [-0.4, -0.2) is 28.5 Å². The van der Waals surface area contributed by atoms with E-state index in [0.717, 1.165) is 11.1 Å². The lowest BCUT2D eigenvalue weighted by Crippen LogP contribution is -2.22. The van der Waals surface area contributed by atoms with Gasteiger partial charge in [0.05, 0.1) is 18.0 Å². The zero-order valence-electron chi connectivity index (χ0n) is 14.7. The van der Waals surface area contributed by atoms with Crippen LogP contribution in [0.25, 0.3) is 11.5 Å². The van der Waals surface area contributed by atoms with Crippen molar-refractivity contribution in [3.8, 4) is 17.2 Å². The molecular formula is C19H19N3O3S. The van der Waals surface area contributed by atoms with Gasteiger partial charge >= 0.3 is 0 Å². The smallest absolute Gasteiger partial charge is 0.277 e. The second-order valence-corrected chi connectivity index (χ2v) is 6.98. The average Bonchev–Trinajstić information content (AvgIpc) is 3.11. The van der Waals surface area contributed by atoms with E-state index in [-0.39, 0.29) is 5.91 Å². The minimum absolute atomic E-state index is 0.172. The number of anilines is 1. The van der Waals surface area contributed by atoms with Crippen LogP contribution in [-0.2, 0) is 4.79 Å². The van der Waals surface area contributed by atoms with Crippen LogP contribution < -0.4 is 10.1 Å². The summed E-state index contributed by atoms with van der Waals surface area (Å²) in [5.74, 6) is 0.872. The van der Waals surface area contributed by atoms with E-state index in [1.54, 1.807) is 26.2 Å². The summed E-state index contributed by atoms with van der Waals surface area (Å²) in [5, 5.41) is 10.9. The predicted molar refractivity (Wildman–Crippen MR) is 101 cm³/mol. The Hall–Kier alpha value is -2.80. The van der Waals surface area contributed by atoms with Gasteiger partial charge in [0, 0.05) is 5.56 Å². The largest absolute Gasteiger partial charge is 0.495 e. The van der Waals surface area contributed by atoms with Gasteiger partial charge in [0.2, 0.25) is 11.8 Å². The number of aryl methyl sites for hydroxylation is 1. The van der Waals surface area contributed by atoms with E-state index in [2.05, 4.69) is 15.5 Å². The minimum Gasteiger partial charge on any atom is -0.495 e. The quantitative estimate of drug-likeness (QED) is 0.657. The van der Waals surface area contributed by atoms with E-state index in [1.165, 1.54) is 11.8 Å². The van der Waals surface area contributed by atoms with Crippen molar-refractivity contribution < 1.29 is 13.9 Å². The molecule has 0 radical (unpaired) electrons. The molecule has 3 aromatic rings. The number of thioether (sulfide) groups is 1. The number of ether oxygens (including phenoxy) is 1. The Balaban J connectivity index is 1.65. The lowest BCUT2D eigenvalue weighted by molar-refractivity contribution is -0.115. The molecule has 2 aromatic carbocycles. The first-order valence-corrected chi connectivity index (χ1v) is 8.96. The number of methoxy groups -OCH3 is 1. The monoisotopic (exact) mass is 369 g/mol. The second kappa shape index (κ2) is 8.05. The Morgan fingerprint density at radius 1 is 1.15 bits per heavy atom. The van der Waals surface area contributed by atoms with Crippen LogP contribution >= 0.6 is 11.8 Å². The van der Waals surface area contributed by atoms with Crippen molar-refractivity contribution in [1.82, 2.24) is 10.2 Å². The van der Waals surface area contributed by atoms with Gasteiger partial charge in [-0.3, -0.25) is 4.79 Å². The number of amides is 1. The molecule has 1 unspecified atom stereocenters. The first kappa shape index (κ1) is 18.0. The molecule has 0 spiro atoms. The maximum absolute atomic E-state index is 12.4. The number of carbonyl (C=O) groups is 1. The van der Waals surface area contributed by atoms with Crippen LogP contribution in [0.3, 0.4) is 0 Å². The highest BCUT2D eigenvalue weighted by atomic mass is 32.2. The molecule has 7 heteroatoms. The summed E-state index contributed by atoms with van der Waals surface area (Å²) in [4.78, 5) is 12.4. The van der Waals surface area contributed by atoms with Gasteiger partial charge in [0.25, 0.3) is 5.22 Å². The molecule has 0 saturated heterocycles. The SMILES string of the molecule is COc1ccccc1NC(=O)C(C)Sc1nnc(-c2ccc(C)cc2)o1. The third kappa shape index (κ3) is 4.23. The summed E-state index contributed by atoms with van der Waals surface area (Å²) < 4.78 is 10.9. The average molecular weight is 369 g/mol. The first-order valence-electron chi connectivity index (χ1n) is 8.08. The number of carbonyl (C=O) groups excluding carboxylic acids is 1. The molecule has 1 aromatic heterocycles. The molecule has 134 valence electrons. The standard InChI is InChI=1S/C19H19N3O3S/c1-12-8-10-14(11-9-12)18-21-22-19(25-18)26-13(2)17(23)20-15-6-4-5-7-16(15)24-3/h4-11,13H,1-3H3,(H,20,23). The Kier molecular flexibility index (Phi) is 5.58. The molecule has 26 heavy (non-hydrogen) atoms. The molecular weight excluding hydrogens is 350 g/mol. The number of hydrogen-bond donors (Lipinski definition) is 1. The van der Waals surface area contributed by atoms with Crippen molar-refractivity contribution in [2.45, 2.75) is 24.3 Å². The normalized spacial score (nSPS) is 11.8. The fraction of sp³-hybridized carbons (Fsp3) is 0.211.